The largest absolute Gasteiger partial charge is 0.452 e. The van der Waals surface area contributed by atoms with Crippen molar-refractivity contribution >= 4 is 40.5 Å². The summed E-state index contributed by atoms with van der Waals surface area (Å²) in [6, 6.07) is 5.10. The maximum atomic E-state index is 10.7. The van der Waals surface area contributed by atoms with Gasteiger partial charge in [-0.1, -0.05) is 34.8 Å². The van der Waals surface area contributed by atoms with Crippen molar-refractivity contribution in [2.75, 3.05) is 0 Å². The van der Waals surface area contributed by atoms with Gasteiger partial charge in [0.05, 0.1) is 16.0 Å². The number of aromatic nitrogens is 2. The highest BCUT2D eigenvalue weighted by Crippen LogP contribution is 2.35. The summed E-state index contributed by atoms with van der Waals surface area (Å²) in [5.74, 6) is 0.172. The molecular weight excluding hydrogens is 316 g/mol. The number of halogens is 3. The molecule has 0 aliphatic carbocycles. The number of nitro groups is 1. The van der Waals surface area contributed by atoms with Crippen molar-refractivity contribution in [1.82, 2.24) is 10.2 Å². The molecule has 0 N–H and O–H groups in total. The number of ether oxygens (including phenoxy) is 1. The molecular formula is C10H4Cl3N3O3. The number of nitrogens with zero attached hydrogens (tertiary/aromatic N) is 3. The van der Waals surface area contributed by atoms with Gasteiger partial charge in [0.15, 0.2) is 21.8 Å². The number of rotatable bonds is 3. The molecule has 0 aliphatic heterocycles. The van der Waals surface area contributed by atoms with Crippen LogP contribution in [0.25, 0.3) is 0 Å². The van der Waals surface area contributed by atoms with Gasteiger partial charge in [-0.15, -0.1) is 10.2 Å². The van der Waals surface area contributed by atoms with Gasteiger partial charge in [0.25, 0.3) is 5.69 Å². The number of hydrogen-bond acceptors (Lipinski definition) is 5. The first kappa shape index (κ1) is 13.8. The normalized spacial score (nSPS) is 10.3. The maximum absolute atomic E-state index is 10.7. The lowest BCUT2D eigenvalue weighted by atomic mass is 10.3. The van der Waals surface area contributed by atoms with Crippen molar-refractivity contribution in [3.05, 3.63) is 49.7 Å². The van der Waals surface area contributed by atoms with Crippen LogP contribution in [-0.4, -0.2) is 15.1 Å². The average molecular weight is 321 g/mol. The van der Waals surface area contributed by atoms with Crippen LogP contribution in [0, 0.1) is 10.1 Å². The number of benzene rings is 1. The Morgan fingerprint density at radius 2 is 1.84 bits per heavy atom. The summed E-state index contributed by atoms with van der Waals surface area (Å²) in [5.41, 5.74) is -0.163. The third-order valence-corrected chi connectivity index (χ3v) is 2.79. The van der Waals surface area contributed by atoms with Crippen LogP contribution in [0.5, 0.6) is 11.5 Å². The fourth-order valence-electron chi connectivity index (χ4n) is 1.21. The third-order valence-electron chi connectivity index (χ3n) is 2.03. The van der Waals surface area contributed by atoms with Crippen molar-refractivity contribution in [1.29, 1.82) is 0 Å². The Kier molecular flexibility index (Phi) is 4.04. The lowest BCUT2D eigenvalue weighted by Gasteiger charge is -2.08. The number of non-ortho nitro benzene ring substituents is 1. The molecule has 9 heteroatoms. The molecule has 98 valence electrons. The van der Waals surface area contributed by atoms with Crippen LogP contribution >= 0.6 is 34.8 Å². The summed E-state index contributed by atoms with van der Waals surface area (Å²) in [6.07, 6.45) is 0. The second kappa shape index (κ2) is 5.56. The summed E-state index contributed by atoms with van der Waals surface area (Å²) in [4.78, 5) is 10.1. The Bertz CT molecular complexity index is 651. The molecule has 0 amide bonds. The van der Waals surface area contributed by atoms with Crippen LogP contribution in [0.15, 0.2) is 24.3 Å². The van der Waals surface area contributed by atoms with E-state index in [9.17, 15) is 10.1 Å². The Morgan fingerprint density at radius 1 is 1.11 bits per heavy atom. The van der Waals surface area contributed by atoms with E-state index in [0.717, 1.165) is 0 Å². The zero-order chi connectivity index (χ0) is 14.0. The van der Waals surface area contributed by atoms with E-state index in [2.05, 4.69) is 10.2 Å². The molecule has 0 bridgehead atoms. The topological polar surface area (TPSA) is 78.2 Å². The standard InChI is InChI=1S/C10H4Cl3N3O3/c11-6-2-1-5(16(17)18)3-7(6)19-8-4-9(12)14-15-10(8)13/h1-4H. The third kappa shape index (κ3) is 3.23. The van der Waals surface area contributed by atoms with Crippen molar-refractivity contribution in [3.8, 4) is 11.5 Å². The number of nitro benzene ring substituents is 1. The Balaban J connectivity index is 2.40. The van der Waals surface area contributed by atoms with Gasteiger partial charge in [-0.2, -0.15) is 0 Å². The summed E-state index contributed by atoms with van der Waals surface area (Å²) in [7, 11) is 0. The summed E-state index contributed by atoms with van der Waals surface area (Å²) in [6.45, 7) is 0. The van der Waals surface area contributed by atoms with Crippen LogP contribution < -0.4 is 4.74 Å². The highest BCUT2D eigenvalue weighted by atomic mass is 35.5. The molecule has 1 aromatic carbocycles. The molecule has 1 aromatic heterocycles. The van der Waals surface area contributed by atoms with Crippen molar-refractivity contribution in [2.45, 2.75) is 0 Å². The predicted octanol–water partition coefficient (Wildman–Crippen LogP) is 4.14. The first-order chi connectivity index (χ1) is 8.97. The monoisotopic (exact) mass is 319 g/mol. The second-order valence-electron chi connectivity index (χ2n) is 3.30. The summed E-state index contributed by atoms with van der Waals surface area (Å²) >= 11 is 17.3. The minimum absolute atomic E-state index is 0.0352. The predicted molar refractivity (Wildman–Crippen MR) is 70.2 cm³/mol. The summed E-state index contributed by atoms with van der Waals surface area (Å²) < 4.78 is 5.36. The van der Waals surface area contributed by atoms with Gasteiger partial charge in [-0.05, 0) is 6.07 Å². The quantitative estimate of drug-likeness (QED) is 0.627. The van der Waals surface area contributed by atoms with Gasteiger partial charge >= 0.3 is 0 Å². The van der Waals surface area contributed by atoms with Crippen LogP contribution in [-0.2, 0) is 0 Å². The lowest BCUT2D eigenvalue weighted by Crippen LogP contribution is -1.93. The van der Waals surface area contributed by atoms with E-state index in [-0.39, 0.29) is 32.5 Å². The van der Waals surface area contributed by atoms with Gasteiger partial charge in [-0.3, -0.25) is 10.1 Å². The average Bonchev–Trinajstić information content (AvgIpc) is 2.36. The zero-order valence-electron chi connectivity index (χ0n) is 9.01. The summed E-state index contributed by atoms with van der Waals surface area (Å²) in [5, 5.41) is 18.0. The highest BCUT2D eigenvalue weighted by Gasteiger charge is 2.14. The van der Waals surface area contributed by atoms with Crippen LogP contribution in [0.1, 0.15) is 0 Å². The smallest absolute Gasteiger partial charge is 0.273 e. The van der Waals surface area contributed by atoms with Gasteiger partial charge < -0.3 is 4.74 Å². The van der Waals surface area contributed by atoms with Crippen molar-refractivity contribution in [2.24, 2.45) is 0 Å². The van der Waals surface area contributed by atoms with Gasteiger partial charge in [0.1, 0.15) is 0 Å². The fourth-order valence-corrected chi connectivity index (χ4v) is 1.64. The van der Waals surface area contributed by atoms with Gasteiger partial charge in [0.2, 0.25) is 0 Å². The first-order valence-corrected chi connectivity index (χ1v) is 5.91. The molecule has 0 fully saturated rings. The molecule has 19 heavy (non-hydrogen) atoms. The van der Waals surface area contributed by atoms with E-state index in [1.54, 1.807) is 0 Å². The number of hydrogen-bond donors (Lipinski definition) is 0. The van der Waals surface area contributed by atoms with E-state index >= 15 is 0 Å². The van der Waals surface area contributed by atoms with E-state index in [4.69, 9.17) is 39.5 Å². The minimum atomic E-state index is -0.567. The molecule has 2 aromatic rings. The van der Waals surface area contributed by atoms with Crippen LogP contribution in [0.4, 0.5) is 5.69 Å². The van der Waals surface area contributed by atoms with Crippen LogP contribution in [0.3, 0.4) is 0 Å². The Labute approximate surface area is 122 Å². The first-order valence-electron chi connectivity index (χ1n) is 4.78. The molecule has 2 rings (SSSR count). The van der Waals surface area contributed by atoms with Gasteiger partial charge in [-0.25, -0.2) is 0 Å². The SMILES string of the molecule is O=[N+]([O-])c1ccc(Cl)c(Oc2cc(Cl)nnc2Cl)c1. The van der Waals surface area contributed by atoms with Crippen LogP contribution in [0.2, 0.25) is 15.3 Å². The maximum Gasteiger partial charge on any atom is 0.273 e. The van der Waals surface area contributed by atoms with E-state index in [1.807, 2.05) is 0 Å². The fraction of sp³-hybridized carbons (Fsp3) is 0. The van der Waals surface area contributed by atoms with E-state index in [0.29, 0.717) is 0 Å². The zero-order valence-corrected chi connectivity index (χ0v) is 11.3. The second-order valence-corrected chi connectivity index (χ2v) is 4.45. The van der Waals surface area contributed by atoms with Crippen molar-refractivity contribution in [3.63, 3.8) is 0 Å². The molecule has 1 heterocycles. The minimum Gasteiger partial charge on any atom is -0.452 e. The molecule has 0 unspecified atom stereocenters. The Morgan fingerprint density at radius 3 is 2.53 bits per heavy atom. The molecule has 0 atom stereocenters. The molecule has 6 nitrogen and oxygen atoms in total. The lowest BCUT2D eigenvalue weighted by molar-refractivity contribution is -0.384. The Hall–Kier alpha value is -1.63. The molecule has 0 radical (unpaired) electrons. The van der Waals surface area contributed by atoms with Gasteiger partial charge in [0, 0.05) is 12.1 Å². The highest BCUT2D eigenvalue weighted by molar-refractivity contribution is 6.33. The van der Waals surface area contributed by atoms with E-state index in [1.165, 1.54) is 24.3 Å². The molecule has 0 spiro atoms. The van der Waals surface area contributed by atoms with Crippen molar-refractivity contribution < 1.29 is 9.66 Å². The van der Waals surface area contributed by atoms with E-state index < -0.39 is 4.92 Å². The molecule has 0 saturated carbocycles. The molecule has 0 saturated heterocycles. The molecule has 0 aliphatic rings.